The van der Waals surface area contributed by atoms with E-state index in [9.17, 15) is 0 Å². The summed E-state index contributed by atoms with van der Waals surface area (Å²) in [6, 6.07) is 16.9. The van der Waals surface area contributed by atoms with Gasteiger partial charge in [0.15, 0.2) is 0 Å². The first kappa shape index (κ1) is 14.6. The molecule has 2 aromatic carbocycles. The van der Waals surface area contributed by atoms with E-state index in [1.165, 1.54) is 11.1 Å². The molecule has 0 spiro atoms. The highest BCUT2D eigenvalue weighted by molar-refractivity contribution is 9.10. The summed E-state index contributed by atoms with van der Waals surface area (Å²) in [7, 11) is 0. The first-order valence-corrected chi connectivity index (χ1v) is 7.50. The molecular formula is C16H17BrClN. The van der Waals surface area contributed by atoms with E-state index in [0.717, 1.165) is 9.50 Å². The van der Waals surface area contributed by atoms with Crippen LogP contribution >= 0.6 is 27.5 Å². The molecule has 0 aliphatic carbocycles. The minimum Gasteiger partial charge on any atom is -0.304 e. The highest BCUT2D eigenvalue weighted by atomic mass is 79.9. The van der Waals surface area contributed by atoms with Crippen LogP contribution in [0.1, 0.15) is 37.1 Å². The first-order valence-electron chi connectivity index (χ1n) is 6.33. The molecule has 0 bridgehead atoms. The summed E-state index contributed by atoms with van der Waals surface area (Å²) in [4.78, 5) is 0. The summed E-state index contributed by atoms with van der Waals surface area (Å²) in [5.41, 5.74) is 2.48. The lowest BCUT2D eigenvalue weighted by Crippen LogP contribution is -2.22. The van der Waals surface area contributed by atoms with Crippen molar-refractivity contribution in [3.05, 3.63) is 69.2 Å². The van der Waals surface area contributed by atoms with Gasteiger partial charge >= 0.3 is 0 Å². The van der Waals surface area contributed by atoms with Crippen molar-refractivity contribution in [2.75, 3.05) is 0 Å². The summed E-state index contributed by atoms with van der Waals surface area (Å²) in [5, 5.41) is 4.37. The average Bonchev–Trinajstić information content (AvgIpc) is 2.39. The molecule has 0 amide bonds. The van der Waals surface area contributed by atoms with Gasteiger partial charge in [-0.1, -0.05) is 51.8 Å². The van der Waals surface area contributed by atoms with Gasteiger partial charge in [0, 0.05) is 21.6 Å². The van der Waals surface area contributed by atoms with E-state index in [4.69, 9.17) is 11.6 Å². The van der Waals surface area contributed by atoms with Gasteiger partial charge in [-0.15, -0.1) is 0 Å². The largest absolute Gasteiger partial charge is 0.304 e. The molecule has 0 heterocycles. The molecule has 1 N–H and O–H groups in total. The minimum absolute atomic E-state index is 0.261. The van der Waals surface area contributed by atoms with Crippen molar-refractivity contribution >= 4 is 27.5 Å². The Kier molecular flexibility index (Phi) is 5.03. The predicted octanol–water partition coefficient (Wildman–Crippen LogP) is 5.51. The second kappa shape index (κ2) is 6.56. The van der Waals surface area contributed by atoms with Crippen LogP contribution in [0.15, 0.2) is 53.0 Å². The number of hydrogen-bond donors (Lipinski definition) is 1. The molecule has 0 aliphatic rings. The monoisotopic (exact) mass is 337 g/mol. The summed E-state index contributed by atoms with van der Waals surface area (Å²) in [6.45, 7) is 4.32. The van der Waals surface area contributed by atoms with Crippen molar-refractivity contribution in [2.24, 2.45) is 0 Å². The quantitative estimate of drug-likeness (QED) is 0.774. The van der Waals surface area contributed by atoms with Crippen molar-refractivity contribution in [1.82, 2.24) is 5.32 Å². The second-order valence-electron chi connectivity index (χ2n) is 4.72. The van der Waals surface area contributed by atoms with Crippen LogP contribution in [-0.4, -0.2) is 0 Å². The Morgan fingerprint density at radius 1 is 0.947 bits per heavy atom. The van der Waals surface area contributed by atoms with Crippen molar-refractivity contribution in [3.63, 3.8) is 0 Å². The van der Waals surface area contributed by atoms with E-state index in [2.05, 4.69) is 65.4 Å². The van der Waals surface area contributed by atoms with E-state index >= 15 is 0 Å². The van der Waals surface area contributed by atoms with Crippen LogP contribution in [0.5, 0.6) is 0 Å². The normalized spacial score (nSPS) is 14.1. The molecule has 2 rings (SSSR count). The Balaban J connectivity index is 2.06. The lowest BCUT2D eigenvalue weighted by molar-refractivity contribution is 0.494. The van der Waals surface area contributed by atoms with Crippen LogP contribution in [-0.2, 0) is 0 Å². The van der Waals surface area contributed by atoms with Crippen LogP contribution in [0, 0.1) is 0 Å². The number of halogens is 2. The van der Waals surface area contributed by atoms with Crippen molar-refractivity contribution < 1.29 is 0 Å². The van der Waals surface area contributed by atoms with Crippen LogP contribution < -0.4 is 5.32 Å². The van der Waals surface area contributed by atoms with Gasteiger partial charge in [0.05, 0.1) is 0 Å². The van der Waals surface area contributed by atoms with E-state index < -0.39 is 0 Å². The number of benzene rings is 2. The highest BCUT2D eigenvalue weighted by Gasteiger charge is 2.11. The lowest BCUT2D eigenvalue weighted by Gasteiger charge is -2.21. The molecule has 2 aromatic rings. The third-order valence-electron chi connectivity index (χ3n) is 3.22. The summed E-state index contributed by atoms with van der Waals surface area (Å²) < 4.78 is 1.10. The SMILES string of the molecule is CC(N[C@H](C)c1cccc(Cl)c1)c1ccc(Br)cc1. The van der Waals surface area contributed by atoms with E-state index in [0.29, 0.717) is 6.04 Å². The zero-order valence-corrected chi connectivity index (χ0v) is 13.4. The Hall–Kier alpha value is -0.830. The van der Waals surface area contributed by atoms with Gasteiger partial charge in [0.25, 0.3) is 0 Å². The van der Waals surface area contributed by atoms with E-state index in [-0.39, 0.29) is 6.04 Å². The maximum absolute atomic E-state index is 6.03. The van der Waals surface area contributed by atoms with E-state index in [1.807, 2.05) is 18.2 Å². The number of nitrogens with one attached hydrogen (secondary N) is 1. The molecule has 0 aromatic heterocycles. The zero-order chi connectivity index (χ0) is 13.8. The van der Waals surface area contributed by atoms with Gasteiger partial charge in [0.2, 0.25) is 0 Å². The molecule has 2 atom stereocenters. The van der Waals surface area contributed by atoms with Crippen molar-refractivity contribution in [2.45, 2.75) is 25.9 Å². The minimum atomic E-state index is 0.261. The summed E-state index contributed by atoms with van der Waals surface area (Å²) >= 11 is 9.48. The lowest BCUT2D eigenvalue weighted by atomic mass is 10.0. The Labute approximate surface area is 128 Å². The maximum Gasteiger partial charge on any atom is 0.0409 e. The Bertz CT molecular complexity index is 539. The van der Waals surface area contributed by atoms with Crippen molar-refractivity contribution in [1.29, 1.82) is 0 Å². The van der Waals surface area contributed by atoms with Crippen LogP contribution in [0.2, 0.25) is 5.02 Å². The molecule has 0 radical (unpaired) electrons. The van der Waals surface area contributed by atoms with Crippen LogP contribution in [0.3, 0.4) is 0 Å². The fraction of sp³-hybridized carbons (Fsp3) is 0.250. The number of hydrogen-bond acceptors (Lipinski definition) is 1. The smallest absolute Gasteiger partial charge is 0.0409 e. The maximum atomic E-state index is 6.03. The van der Waals surface area contributed by atoms with Crippen LogP contribution in [0.4, 0.5) is 0 Å². The molecule has 19 heavy (non-hydrogen) atoms. The standard InChI is InChI=1S/C16H17BrClN/c1-11(13-6-8-15(17)9-7-13)19-12(2)14-4-3-5-16(18)10-14/h3-12,19H,1-2H3/t11?,12-/m1/s1. The Morgan fingerprint density at radius 2 is 1.58 bits per heavy atom. The van der Waals surface area contributed by atoms with Gasteiger partial charge in [-0.25, -0.2) is 0 Å². The van der Waals surface area contributed by atoms with Gasteiger partial charge in [-0.05, 0) is 49.2 Å². The third-order valence-corrected chi connectivity index (χ3v) is 3.98. The van der Waals surface area contributed by atoms with E-state index in [1.54, 1.807) is 0 Å². The molecule has 3 heteroatoms. The number of rotatable bonds is 4. The summed E-state index contributed by atoms with van der Waals surface area (Å²) in [5.74, 6) is 0. The highest BCUT2D eigenvalue weighted by Crippen LogP contribution is 2.22. The van der Waals surface area contributed by atoms with Gasteiger partial charge in [-0.3, -0.25) is 0 Å². The molecule has 0 fully saturated rings. The third kappa shape index (κ3) is 4.07. The average molecular weight is 339 g/mol. The molecule has 100 valence electrons. The summed E-state index contributed by atoms with van der Waals surface area (Å²) in [6.07, 6.45) is 0. The molecule has 1 unspecified atom stereocenters. The first-order chi connectivity index (χ1) is 9.06. The predicted molar refractivity (Wildman–Crippen MR) is 85.6 cm³/mol. The van der Waals surface area contributed by atoms with Gasteiger partial charge < -0.3 is 5.32 Å². The fourth-order valence-electron chi connectivity index (χ4n) is 2.09. The Morgan fingerprint density at radius 3 is 2.21 bits per heavy atom. The molecule has 1 nitrogen and oxygen atoms in total. The van der Waals surface area contributed by atoms with Gasteiger partial charge in [-0.2, -0.15) is 0 Å². The second-order valence-corrected chi connectivity index (χ2v) is 6.07. The fourth-order valence-corrected chi connectivity index (χ4v) is 2.56. The van der Waals surface area contributed by atoms with Crippen molar-refractivity contribution in [3.8, 4) is 0 Å². The molecule has 0 saturated heterocycles. The molecule has 0 aliphatic heterocycles. The van der Waals surface area contributed by atoms with Gasteiger partial charge in [0.1, 0.15) is 0 Å². The topological polar surface area (TPSA) is 12.0 Å². The van der Waals surface area contributed by atoms with Crippen LogP contribution in [0.25, 0.3) is 0 Å². The molecule has 0 saturated carbocycles. The zero-order valence-electron chi connectivity index (χ0n) is 11.0. The molecular weight excluding hydrogens is 322 g/mol.